The molecule has 41 heavy (non-hydrogen) atoms. The summed E-state index contributed by atoms with van der Waals surface area (Å²) in [5.41, 5.74) is 0.660. The Labute approximate surface area is 248 Å². The largest absolute Gasteiger partial charge is 0.495 e. The summed E-state index contributed by atoms with van der Waals surface area (Å²) >= 11 is 13.5. The lowest BCUT2D eigenvalue weighted by Gasteiger charge is -2.31. The number of nitrogens with zero attached hydrogens (tertiary/aromatic N) is 4. The van der Waals surface area contributed by atoms with E-state index in [-0.39, 0.29) is 17.7 Å². The van der Waals surface area contributed by atoms with Gasteiger partial charge in [0.15, 0.2) is 11.6 Å². The number of hydrogen-bond donors (Lipinski definition) is 2. The number of rotatable bonds is 9. The van der Waals surface area contributed by atoms with E-state index in [0.29, 0.717) is 94.6 Å². The quantitative estimate of drug-likeness (QED) is 0.326. The van der Waals surface area contributed by atoms with E-state index < -0.39 is 5.60 Å². The van der Waals surface area contributed by atoms with Gasteiger partial charge in [-0.3, -0.25) is 4.79 Å². The number of nitrogens with one attached hydrogen (secondary N) is 1. The number of benzene rings is 1. The lowest BCUT2D eigenvalue weighted by Crippen LogP contribution is -2.40. The molecule has 5 rings (SSSR count). The van der Waals surface area contributed by atoms with Crippen LogP contribution in [0.3, 0.4) is 0 Å². The Kier molecular flexibility index (Phi) is 8.56. The number of halogens is 2. The zero-order valence-corrected chi connectivity index (χ0v) is 24.8. The van der Waals surface area contributed by atoms with Gasteiger partial charge in [-0.05, 0) is 37.8 Å². The fourth-order valence-corrected chi connectivity index (χ4v) is 6.07. The van der Waals surface area contributed by atoms with Crippen LogP contribution in [0.4, 0.5) is 11.8 Å². The SMILES string of the molecule is C=CC(=O)C[C@H]1CCOC[C@H]1Nc1ncc2cc(-c3c(Cl)c(OC)cc(OC)c3Cl)nc(N3CCC(C)(O)C3)c2n1. The van der Waals surface area contributed by atoms with Crippen molar-refractivity contribution >= 4 is 51.7 Å². The summed E-state index contributed by atoms with van der Waals surface area (Å²) in [6, 6.07) is 3.30. The number of pyridine rings is 1. The second kappa shape index (κ2) is 12.0. The molecular formula is C29H33Cl2N5O5. The van der Waals surface area contributed by atoms with Crippen LogP contribution < -0.4 is 19.7 Å². The maximum atomic E-state index is 12.1. The Bertz CT molecular complexity index is 1460. The summed E-state index contributed by atoms with van der Waals surface area (Å²) in [6.45, 7) is 7.38. The lowest BCUT2D eigenvalue weighted by atomic mass is 9.90. The maximum absolute atomic E-state index is 12.1. The number of carbonyl (C=O) groups excluding carboxylic acids is 1. The minimum Gasteiger partial charge on any atom is -0.495 e. The Morgan fingerprint density at radius 1 is 1.27 bits per heavy atom. The third-order valence-corrected chi connectivity index (χ3v) is 8.38. The molecule has 0 spiro atoms. The van der Waals surface area contributed by atoms with Gasteiger partial charge in [-0.1, -0.05) is 29.8 Å². The first-order chi connectivity index (χ1) is 19.6. The van der Waals surface area contributed by atoms with Gasteiger partial charge in [0.2, 0.25) is 5.95 Å². The third kappa shape index (κ3) is 6.06. The summed E-state index contributed by atoms with van der Waals surface area (Å²) in [6.07, 6.45) is 4.76. The normalized spacial score (nSPS) is 22.5. The molecule has 2 aliphatic rings. The highest BCUT2D eigenvalue weighted by Gasteiger charge is 2.34. The highest BCUT2D eigenvalue weighted by Crippen LogP contribution is 2.46. The van der Waals surface area contributed by atoms with E-state index in [9.17, 15) is 9.90 Å². The summed E-state index contributed by atoms with van der Waals surface area (Å²) < 4.78 is 16.6. The van der Waals surface area contributed by atoms with Crippen molar-refractivity contribution in [3.05, 3.63) is 41.0 Å². The summed E-state index contributed by atoms with van der Waals surface area (Å²) in [7, 11) is 3.03. The average molecular weight is 603 g/mol. The monoisotopic (exact) mass is 601 g/mol. The van der Waals surface area contributed by atoms with Crippen LogP contribution in [-0.4, -0.2) is 78.0 Å². The van der Waals surface area contributed by atoms with Crippen LogP contribution in [-0.2, 0) is 9.53 Å². The molecule has 12 heteroatoms. The van der Waals surface area contributed by atoms with Gasteiger partial charge in [0.1, 0.15) is 17.0 Å². The second-order valence-corrected chi connectivity index (χ2v) is 11.4. The Balaban J connectivity index is 1.60. The minimum absolute atomic E-state index is 0.00488. The highest BCUT2D eigenvalue weighted by atomic mass is 35.5. The van der Waals surface area contributed by atoms with Crippen LogP contribution in [0.2, 0.25) is 10.0 Å². The zero-order valence-electron chi connectivity index (χ0n) is 23.2. The summed E-state index contributed by atoms with van der Waals surface area (Å²) in [4.78, 5) is 28.5. The number of methoxy groups -OCH3 is 2. The molecule has 0 radical (unpaired) electrons. The molecule has 4 heterocycles. The number of hydrogen-bond acceptors (Lipinski definition) is 10. The van der Waals surface area contributed by atoms with Gasteiger partial charge in [0, 0.05) is 49.3 Å². The standard InChI is InChI=1S/C29H33Cl2N5O5/c1-5-18(37)10-16-6-9-41-14-20(16)34-28-32-13-17-11-19(23-24(30)21(39-3)12-22(40-4)25(23)31)33-27(26(17)35-28)36-8-7-29(2,38)15-36/h5,11-13,16,20,38H,1,6-10,14-15H2,2-4H3,(H,32,34,35)/t16-,20-,29?/m1/s1. The van der Waals surface area contributed by atoms with E-state index in [1.165, 1.54) is 20.3 Å². The third-order valence-electron chi connectivity index (χ3n) is 7.63. The van der Waals surface area contributed by atoms with Crippen LogP contribution in [0.15, 0.2) is 31.0 Å². The van der Waals surface area contributed by atoms with Crippen molar-refractivity contribution < 1.29 is 24.1 Å². The molecule has 2 N–H and O–H groups in total. The Morgan fingerprint density at radius 2 is 2.00 bits per heavy atom. The van der Waals surface area contributed by atoms with Crippen LogP contribution >= 0.6 is 23.2 Å². The molecule has 0 amide bonds. The van der Waals surface area contributed by atoms with Crippen molar-refractivity contribution in [1.82, 2.24) is 15.0 Å². The van der Waals surface area contributed by atoms with Crippen LogP contribution in [0.1, 0.15) is 26.2 Å². The van der Waals surface area contributed by atoms with Crippen molar-refractivity contribution in [3.8, 4) is 22.8 Å². The van der Waals surface area contributed by atoms with E-state index >= 15 is 0 Å². The zero-order chi connectivity index (χ0) is 29.3. The molecule has 1 unspecified atom stereocenters. The molecule has 3 aromatic rings. The highest BCUT2D eigenvalue weighted by molar-refractivity contribution is 6.41. The first-order valence-corrected chi connectivity index (χ1v) is 14.1. The Morgan fingerprint density at radius 3 is 2.63 bits per heavy atom. The average Bonchev–Trinajstić information content (AvgIpc) is 3.33. The molecule has 2 aromatic heterocycles. The van der Waals surface area contributed by atoms with Gasteiger partial charge >= 0.3 is 0 Å². The fraction of sp³-hybridized carbons (Fsp3) is 0.448. The molecule has 0 bridgehead atoms. The predicted octanol–water partition coefficient (Wildman–Crippen LogP) is 4.94. The molecule has 0 aliphatic carbocycles. The number of aromatic nitrogens is 3. The molecule has 1 aromatic carbocycles. The number of β-amino-alcohol motifs (C(OH)–C–C–N with tert-alkyl or cyclic N) is 1. The van der Waals surface area contributed by atoms with Crippen molar-refractivity contribution in [2.75, 3.05) is 50.7 Å². The molecule has 218 valence electrons. The van der Waals surface area contributed by atoms with Gasteiger partial charge in [0.25, 0.3) is 0 Å². The Hall–Kier alpha value is -3.18. The molecule has 2 fully saturated rings. The predicted molar refractivity (Wildman–Crippen MR) is 160 cm³/mol. The van der Waals surface area contributed by atoms with E-state index in [2.05, 4.69) is 16.9 Å². The van der Waals surface area contributed by atoms with Crippen molar-refractivity contribution in [2.24, 2.45) is 5.92 Å². The number of carbonyl (C=O) groups is 1. The molecule has 0 saturated carbocycles. The van der Waals surface area contributed by atoms with Crippen molar-refractivity contribution in [2.45, 2.75) is 37.8 Å². The van der Waals surface area contributed by atoms with E-state index in [1.54, 1.807) is 19.2 Å². The number of fused-ring (bicyclic) bond motifs is 1. The van der Waals surface area contributed by atoms with Crippen LogP contribution in [0.5, 0.6) is 11.5 Å². The first-order valence-electron chi connectivity index (χ1n) is 13.4. The van der Waals surface area contributed by atoms with Gasteiger partial charge in [0.05, 0.1) is 48.2 Å². The number of ketones is 1. The maximum Gasteiger partial charge on any atom is 0.223 e. The van der Waals surface area contributed by atoms with Crippen molar-refractivity contribution in [3.63, 3.8) is 0 Å². The lowest BCUT2D eigenvalue weighted by molar-refractivity contribution is -0.116. The van der Waals surface area contributed by atoms with Crippen LogP contribution in [0.25, 0.3) is 22.2 Å². The molecular weight excluding hydrogens is 569 g/mol. The minimum atomic E-state index is -0.878. The fourth-order valence-electron chi connectivity index (χ4n) is 5.37. The molecule has 3 atom stereocenters. The van der Waals surface area contributed by atoms with E-state index in [1.807, 2.05) is 11.0 Å². The summed E-state index contributed by atoms with van der Waals surface area (Å²) in [5.74, 6) is 1.80. The smallest absolute Gasteiger partial charge is 0.223 e. The number of aliphatic hydroxyl groups is 1. The second-order valence-electron chi connectivity index (χ2n) is 10.7. The summed E-state index contributed by atoms with van der Waals surface area (Å²) in [5, 5.41) is 15.4. The van der Waals surface area contributed by atoms with Crippen LogP contribution in [0, 0.1) is 5.92 Å². The van der Waals surface area contributed by atoms with E-state index in [0.717, 1.165) is 6.42 Å². The van der Waals surface area contributed by atoms with Gasteiger partial charge in [-0.15, -0.1) is 0 Å². The number of anilines is 2. The van der Waals surface area contributed by atoms with Crippen molar-refractivity contribution in [1.29, 1.82) is 0 Å². The van der Waals surface area contributed by atoms with Gasteiger partial charge in [-0.25, -0.2) is 15.0 Å². The molecule has 2 saturated heterocycles. The number of allylic oxidation sites excluding steroid dienone is 1. The topological polar surface area (TPSA) is 119 Å². The van der Waals surface area contributed by atoms with E-state index in [4.69, 9.17) is 47.4 Å². The molecule has 10 nitrogen and oxygen atoms in total. The van der Waals surface area contributed by atoms with Gasteiger partial charge in [-0.2, -0.15) is 0 Å². The number of ether oxygens (including phenoxy) is 3. The van der Waals surface area contributed by atoms with Gasteiger partial charge < -0.3 is 29.5 Å². The first kappa shape index (κ1) is 29.3. The molecule has 2 aliphatic heterocycles.